The van der Waals surface area contributed by atoms with E-state index in [1.54, 1.807) is 6.07 Å². The van der Waals surface area contributed by atoms with Crippen molar-refractivity contribution in [1.82, 2.24) is 5.32 Å². The summed E-state index contributed by atoms with van der Waals surface area (Å²) < 4.78 is 0. The molecule has 102 valence electrons. The molecule has 1 atom stereocenters. The van der Waals surface area contributed by atoms with Crippen LogP contribution in [0.15, 0.2) is 6.07 Å². The number of nitrogen functional groups attached to an aromatic ring is 1. The van der Waals surface area contributed by atoms with Crippen LogP contribution in [0.2, 0.25) is 0 Å². The molecule has 0 bridgehead atoms. The number of aliphatic hydroxyl groups excluding tert-OH is 1. The lowest BCUT2D eigenvalue weighted by Crippen LogP contribution is -2.44. The van der Waals surface area contributed by atoms with E-state index in [-0.39, 0.29) is 24.0 Å². The second kappa shape index (κ2) is 5.71. The molecule has 0 spiro atoms. The van der Waals surface area contributed by atoms with Gasteiger partial charge in [-0.2, -0.15) is 0 Å². The largest absolute Gasteiger partial charge is 0.398 e. The van der Waals surface area contributed by atoms with Gasteiger partial charge in [0.25, 0.3) is 5.91 Å². The molecule has 0 aromatic carbocycles. The maximum absolute atomic E-state index is 12.1. The van der Waals surface area contributed by atoms with Gasteiger partial charge in [0.1, 0.15) is 0 Å². The topological polar surface area (TPSA) is 75.3 Å². The molecule has 0 radical (unpaired) electrons. The van der Waals surface area contributed by atoms with Crippen molar-refractivity contribution in [2.24, 2.45) is 5.41 Å². The minimum Gasteiger partial charge on any atom is -0.398 e. The fraction of sp³-hybridized carbons (Fsp3) is 0.615. The van der Waals surface area contributed by atoms with E-state index < -0.39 is 0 Å². The predicted molar refractivity (Wildman–Crippen MR) is 75.9 cm³/mol. The van der Waals surface area contributed by atoms with E-state index in [0.29, 0.717) is 17.0 Å². The van der Waals surface area contributed by atoms with E-state index in [1.165, 1.54) is 11.3 Å². The zero-order valence-corrected chi connectivity index (χ0v) is 12.2. The number of anilines is 1. The maximum atomic E-state index is 12.1. The Kier molecular flexibility index (Phi) is 4.76. The van der Waals surface area contributed by atoms with Gasteiger partial charge in [-0.25, -0.2) is 0 Å². The van der Waals surface area contributed by atoms with Crippen molar-refractivity contribution in [1.29, 1.82) is 0 Å². The number of amides is 1. The summed E-state index contributed by atoms with van der Waals surface area (Å²) in [6, 6.07) is 1.65. The van der Waals surface area contributed by atoms with Gasteiger partial charge in [0.2, 0.25) is 0 Å². The molecule has 0 fully saturated rings. The first-order chi connectivity index (χ1) is 8.25. The number of hydrogen-bond donors (Lipinski definition) is 3. The quantitative estimate of drug-likeness (QED) is 0.785. The van der Waals surface area contributed by atoms with Crippen LogP contribution in [0.25, 0.3) is 0 Å². The van der Waals surface area contributed by atoms with Crippen LogP contribution in [0.4, 0.5) is 5.69 Å². The third kappa shape index (κ3) is 3.71. The molecule has 0 saturated carbocycles. The van der Waals surface area contributed by atoms with E-state index in [2.05, 4.69) is 5.32 Å². The first kappa shape index (κ1) is 15.0. The molecule has 0 saturated heterocycles. The van der Waals surface area contributed by atoms with Crippen LogP contribution in [-0.2, 0) is 0 Å². The van der Waals surface area contributed by atoms with Gasteiger partial charge in [-0.3, -0.25) is 4.79 Å². The van der Waals surface area contributed by atoms with Crippen molar-refractivity contribution in [3.8, 4) is 0 Å². The summed E-state index contributed by atoms with van der Waals surface area (Å²) in [7, 11) is 0. The van der Waals surface area contributed by atoms with Gasteiger partial charge in [-0.1, -0.05) is 20.8 Å². The summed E-state index contributed by atoms with van der Waals surface area (Å²) in [5, 5.41) is 12.0. The average Bonchev–Trinajstić information content (AvgIpc) is 2.57. The minimum atomic E-state index is -0.117. The highest BCUT2D eigenvalue weighted by Crippen LogP contribution is 2.25. The van der Waals surface area contributed by atoms with E-state index in [9.17, 15) is 4.79 Å². The van der Waals surface area contributed by atoms with Crippen LogP contribution in [0.5, 0.6) is 0 Å². The van der Waals surface area contributed by atoms with Crippen molar-refractivity contribution >= 4 is 22.9 Å². The van der Waals surface area contributed by atoms with Gasteiger partial charge in [0.05, 0.1) is 4.88 Å². The number of carbonyl (C=O) groups is 1. The number of nitrogens with one attached hydrogen (secondary N) is 1. The van der Waals surface area contributed by atoms with Crippen LogP contribution < -0.4 is 11.1 Å². The number of rotatable bonds is 4. The maximum Gasteiger partial charge on any atom is 0.261 e. The Balaban J connectivity index is 2.78. The molecule has 1 heterocycles. The highest BCUT2D eigenvalue weighted by atomic mass is 32.1. The fourth-order valence-corrected chi connectivity index (χ4v) is 2.53. The molecule has 4 N–H and O–H groups in total. The SMILES string of the molecule is Cc1sc(C(=O)NC(CCO)C(C)(C)C)cc1N. The number of thiophene rings is 1. The van der Waals surface area contributed by atoms with Crippen molar-refractivity contribution in [3.63, 3.8) is 0 Å². The third-order valence-electron chi connectivity index (χ3n) is 2.95. The van der Waals surface area contributed by atoms with Gasteiger partial charge >= 0.3 is 0 Å². The second-order valence-corrected chi connectivity index (χ2v) is 6.78. The van der Waals surface area contributed by atoms with Gasteiger partial charge in [0.15, 0.2) is 0 Å². The lowest BCUT2D eigenvalue weighted by molar-refractivity contribution is 0.0889. The van der Waals surface area contributed by atoms with Crippen LogP contribution in [0.3, 0.4) is 0 Å². The number of hydrogen-bond acceptors (Lipinski definition) is 4. The van der Waals surface area contributed by atoms with Gasteiger partial charge in [-0.15, -0.1) is 11.3 Å². The van der Waals surface area contributed by atoms with Crippen LogP contribution in [-0.4, -0.2) is 23.7 Å². The fourth-order valence-electron chi connectivity index (χ4n) is 1.69. The van der Waals surface area contributed by atoms with E-state index in [4.69, 9.17) is 10.8 Å². The van der Waals surface area contributed by atoms with E-state index >= 15 is 0 Å². The monoisotopic (exact) mass is 270 g/mol. The number of nitrogens with two attached hydrogens (primary N) is 1. The van der Waals surface area contributed by atoms with Crippen molar-refractivity contribution in [2.45, 2.75) is 40.2 Å². The zero-order chi connectivity index (χ0) is 13.9. The summed E-state index contributed by atoms with van der Waals surface area (Å²) in [6.07, 6.45) is 0.551. The van der Waals surface area contributed by atoms with E-state index in [0.717, 1.165) is 4.88 Å². The summed E-state index contributed by atoms with van der Waals surface area (Å²) >= 11 is 1.39. The van der Waals surface area contributed by atoms with Crippen LogP contribution in [0.1, 0.15) is 41.7 Å². The highest BCUT2D eigenvalue weighted by Gasteiger charge is 2.26. The number of aliphatic hydroxyl groups is 1. The van der Waals surface area contributed by atoms with Crippen molar-refractivity contribution < 1.29 is 9.90 Å². The first-order valence-electron chi connectivity index (χ1n) is 6.03. The highest BCUT2D eigenvalue weighted by molar-refractivity contribution is 7.14. The van der Waals surface area contributed by atoms with Gasteiger partial charge < -0.3 is 16.2 Å². The zero-order valence-electron chi connectivity index (χ0n) is 11.4. The van der Waals surface area contributed by atoms with Crippen molar-refractivity contribution in [3.05, 3.63) is 15.8 Å². The molecule has 1 amide bonds. The van der Waals surface area contributed by atoms with Crippen molar-refractivity contribution in [2.75, 3.05) is 12.3 Å². The lowest BCUT2D eigenvalue weighted by Gasteiger charge is -2.30. The molecule has 1 aromatic heterocycles. The first-order valence-corrected chi connectivity index (χ1v) is 6.85. The van der Waals surface area contributed by atoms with Gasteiger partial charge in [0, 0.05) is 23.2 Å². The Bertz CT molecular complexity index is 402. The Labute approximate surface area is 112 Å². The summed E-state index contributed by atoms with van der Waals surface area (Å²) in [4.78, 5) is 13.7. The Morgan fingerprint density at radius 1 is 1.56 bits per heavy atom. The Hall–Kier alpha value is -1.07. The lowest BCUT2D eigenvalue weighted by atomic mass is 9.85. The third-order valence-corrected chi connectivity index (χ3v) is 4.01. The second-order valence-electron chi connectivity index (χ2n) is 5.53. The molecule has 5 heteroatoms. The predicted octanol–water partition coefficient (Wildman–Crippen LogP) is 2.17. The average molecular weight is 270 g/mol. The molecular formula is C13H22N2O2S. The molecule has 18 heavy (non-hydrogen) atoms. The Morgan fingerprint density at radius 2 is 2.17 bits per heavy atom. The number of aryl methyl sites for hydroxylation is 1. The van der Waals surface area contributed by atoms with Crippen LogP contribution >= 0.6 is 11.3 Å². The summed E-state index contributed by atoms with van der Waals surface area (Å²) in [6.45, 7) is 8.09. The summed E-state index contributed by atoms with van der Waals surface area (Å²) in [5.41, 5.74) is 6.31. The summed E-state index contributed by atoms with van der Waals surface area (Å²) in [5.74, 6) is -0.117. The molecule has 0 aliphatic heterocycles. The Morgan fingerprint density at radius 3 is 2.56 bits per heavy atom. The molecule has 1 rings (SSSR count). The number of carbonyl (C=O) groups excluding carboxylic acids is 1. The minimum absolute atomic E-state index is 0.0568. The molecule has 1 aromatic rings. The molecular weight excluding hydrogens is 248 g/mol. The van der Waals surface area contributed by atoms with Gasteiger partial charge in [-0.05, 0) is 24.8 Å². The molecule has 4 nitrogen and oxygen atoms in total. The smallest absolute Gasteiger partial charge is 0.261 e. The molecule has 1 unspecified atom stereocenters. The standard InChI is InChI=1S/C13H22N2O2S/c1-8-9(14)7-10(18-8)12(17)15-11(5-6-16)13(2,3)4/h7,11,16H,5-6,14H2,1-4H3,(H,15,17). The molecule has 0 aliphatic rings. The molecule has 0 aliphatic carbocycles. The van der Waals surface area contributed by atoms with Crippen LogP contribution in [0, 0.1) is 12.3 Å². The normalized spacial score (nSPS) is 13.4. The van der Waals surface area contributed by atoms with E-state index in [1.807, 2.05) is 27.7 Å².